The smallest absolute Gasteiger partial charge is 0.251 e. The molecule has 0 unspecified atom stereocenters. The summed E-state index contributed by atoms with van der Waals surface area (Å²) >= 11 is 0. The maximum Gasteiger partial charge on any atom is 0.251 e. The number of aryl methyl sites for hydroxylation is 1. The lowest BCUT2D eigenvalue weighted by atomic mass is 9.99. The second-order valence-electron chi connectivity index (χ2n) is 4.93. The Kier molecular flexibility index (Phi) is 3.97. The van der Waals surface area contributed by atoms with Gasteiger partial charge in [-0.2, -0.15) is 0 Å². The number of rotatable bonds is 2. The highest BCUT2D eigenvalue weighted by molar-refractivity contribution is 5.94. The summed E-state index contributed by atoms with van der Waals surface area (Å²) in [6.07, 6.45) is 2.05. The quantitative estimate of drug-likeness (QED) is 0.843. The monoisotopic (exact) mass is 250 g/mol. The molecule has 1 amide bonds. The van der Waals surface area contributed by atoms with Crippen molar-refractivity contribution in [1.82, 2.24) is 10.6 Å². The van der Waals surface area contributed by atoms with Crippen LogP contribution in [0.15, 0.2) is 18.2 Å². The van der Waals surface area contributed by atoms with E-state index in [4.69, 9.17) is 0 Å². The number of nitrogens with one attached hydrogen (secondary N) is 2. The Morgan fingerprint density at radius 3 is 2.94 bits per heavy atom. The molecule has 1 aromatic rings. The zero-order valence-corrected chi connectivity index (χ0v) is 10.8. The first kappa shape index (κ1) is 13.0. The molecule has 98 valence electrons. The van der Waals surface area contributed by atoms with Crippen LogP contribution in [0, 0.1) is 12.7 Å². The molecule has 1 saturated heterocycles. The predicted octanol–water partition coefficient (Wildman–Crippen LogP) is 2.00. The maximum absolute atomic E-state index is 13.1. The summed E-state index contributed by atoms with van der Waals surface area (Å²) in [4.78, 5) is 12.1. The van der Waals surface area contributed by atoms with Crippen molar-refractivity contribution in [1.29, 1.82) is 0 Å². The first-order valence-corrected chi connectivity index (χ1v) is 6.38. The number of piperidine rings is 1. The molecule has 0 radical (unpaired) electrons. The second kappa shape index (κ2) is 5.48. The first-order chi connectivity index (χ1) is 8.58. The third-order valence-corrected chi connectivity index (χ3v) is 3.50. The van der Waals surface area contributed by atoms with Crippen LogP contribution in [0.1, 0.15) is 35.7 Å². The average Bonchev–Trinajstić information content (AvgIpc) is 2.35. The minimum absolute atomic E-state index is 0.126. The van der Waals surface area contributed by atoms with Crippen molar-refractivity contribution in [3.63, 3.8) is 0 Å². The number of hydrogen-bond donors (Lipinski definition) is 2. The van der Waals surface area contributed by atoms with Gasteiger partial charge in [0.1, 0.15) is 5.82 Å². The van der Waals surface area contributed by atoms with Gasteiger partial charge in [0, 0.05) is 17.6 Å². The lowest BCUT2D eigenvalue weighted by Gasteiger charge is -2.30. The first-order valence-electron chi connectivity index (χ1n) is 6.38. The van der Waals surface area contributed by atoms with Crippen molar-refractivity contribution in [2.24, 2.45) is 0 Å². The summed E-state index contributed by atoms with van der Waals surface area (Å²) in [6, 6.07) is 4.89. The van der Waals surface area contributed by atoms with E-state index in [0.717, 1.165) is 19.4 Å². The van der Waals surface area contributed by atoms with Gasteiger partial charge in [0.2, 0.25) is 0 Å². The predicted molar refractivity (Wildman–Crippen MR) is 69.1 cm³/mol. The van der Waals surface area contributed by atoms with Crippen LogP contribution in [0.2, 0.25) is 0 Å². The van der Waals surface area contributed by atoms with E-state index in [2.05, 4.69) is 17.6 Å². The molecule has 0 aliphatic carbocycles. The normalized spacial score (nSPS) is 23.7. The van der Waals surface area contributed by atoms with Gasteiger partial charge in [0.15, 0.2) is 0 Å². The molecular formula is C14H19FN2O. The molecule has 0 aromatic heterocycles. The van der Waals surface area contributed by atoms with E-state index in [9.17, 15) is 9.18 Å². The largest absolute Gasteiger partial charge is 0.348 e. The molecule has 0 bridgehead atoms. The number of carbonyl (C=O) groups is 1. The van der Waals surface area contributed by atoms with Crippen molar-refractivity contribution in [2.45, 2.75) is 38.8 Å². The molecule has 2 rings (SSSR count). The summed E-state index contributed by atoms with van der Waals surface area (Å²) in [5, 5.41) is 6.34. The summed E-state index contributed by atoms with van der Waals surface area (Å²) in [6.45, 7) is 4.74. The topological polar surface area (TPSA) is 41.1 Å². The van der Waals surface area contributed by atoms with Gasteiger partial charge in [-0.1, -0.05) is 0 Å². The van der Waals surface area contributed by atoms with Gasteiger partial charge in [-0.3, -0.25) is 4.79 Å². The summed E-state index contributed by atoms with van der Waals surface area (Å²) in [5.74, 6) is -0.405. The molecule has 18 heavy (non-hydrogen) atoms. The van der Waals surface area contributed by atoms with Crippen LogP contribution in [0.25, 0.3) is 0 Å². The highest BCUT2D eigenvalue weighted by Gasteiger charge is 2.22. The van der Waals surface area contributed by atoms with E-state index in [-0.39, 0.29) is 23.8 Å². The van der Waals surface area contributed by atoms with Gasteiger partial charge in [-0.15, -0.1) is 0 Å². The lowest BCUT2D eigenvalue weighted by Crippen LogP contribution is -2.51. The Morgan fingerprint density at radius 2 is 2.28 bits per heavy atom. The van der Waals surface area contributed by atoms with Gasteiger partial charge in [0.25, 0.3) is 5.91 Å². The Morgan fingerprint density at radius 1 is 1.50 bits per heavy atom. The molecule has 4 heteroatoms. The molecule has 1 heterocycles. The van der Waals surface area contributed by atoms with Crippen LogP contribution in [-0.2, 0) is 0 Å². The summed E-state index contributed by atoms with van der Waals surface area (Å²) in [7, 11) is 0. The van der Waals surface area contributed by atoms with Crippen molar-refractivity contribution < 1.29 is 9.18 Å². The second-order valence-corrected chi connectivity index (χ2v) is 4.93. The van der Waals surface area contributed by atoms with E-state index in [1.165, 1.54) is 12.1 Å². The third kappa shape index (κ3) is 2.88. The highest BCUT2D eigenvalue weighted by Crippen LogP contribution is 2.12. The number of benzene rings is 1. The Labute approximate surface area is 107 Å². The van der Waals surface area contributed by atoms with Crippen LogP contribution in [-0.4, -0.2) is 24.5 Å². The van der Waals surface area contributed by atoms with Gasteiger partial charge >= 0.3 is 0 Å². The van der Waals surface area contributed by atoms with Crippen LogP contribution in [0.5, 0.6) is 0 Å². The number of amides is 1. The van der Waals surface area contributed by atoms with Crippen molar-refractivity contribution in [3.05, 3.63) is 35.1 Å². The van der Waals surface area contributed by atoms with E-state index in [1.54, 1.807) is 13.0 Å². The van der Waals surface area contributed by atoms with Crippen molar-refractivity contribution in [3.8, 4) is 0 Å². The third-order valence-electron chi connectivity index (χ3n) is 3.50. The zero-order chi connectivity index (χ0) is 13.1. The fourth-order valence-electron chi connectivity index (χ4n) is 2.28. The fraction of sp³-hybridized carbons (Fsp3) is 0.500. The molecule has 0 spiro atoms. The molecule has 1 fully saturated rings. The number of halogens is 1. The standard InChI is InChI=1S/C14H19FN2O/c1-9-8-11(5-6-12(9)15)14(18)17-13-4-3-7-16-10(13)2/h5-6,8,10,13,16H,3-4,7H2,1-2H3,(H,17,18)/t10-,13+/m0/s1. The van der Waals surface area contributed by atoms with Crippen molar-refractivity contribution >= 4 is 5.91 Å². The molecule has 2 atom stereocenters. The minimum atomic E-state index is -0.278. The van der Waals surface area contributed by atoms with Crippen LogP contribution in [0.4, 0.5) is 4.39 Å². The van der Waals surface area contributed by atoms with Crippen LogP contribution >= 0.6 is 0 Å². The van der Waals surface area contributed by atoms with Crippen molar-refractivity contribution in [2.75, 3.05) is 6.54 Å². The lowest BCUT2D eigenvalue weighted by molar-refractivity contribution is 0.0919. The van der Waals surface area contributed by atoms with E-state index in [0.29, 0.717) is 11.1 Å². The average molecular weight is 250 g/mol. The van der Waals surface area contributed by atoms with Gasteiger partial charge < -0.3 is 10.6 Å². The molecule has 1 aliphatic rings. The molecule has 1 aliphatic heterocycles. The minimum Gasteiger partial charge on any atom is -0.348 e. The molecule has 3 nitrogen and oxygen atoms in total. The molecular weight excluding hydrogens is 231 g/mol. The molecule has 1 aromatic carbocycles. The van der Waals surface area contributed by atoms with Gasteiger partial charge in [-0.05, 0) is 57.0 Å². The van der Waals surface area contributed by atoms with Crippen LogP contribution in [0.3, 0.4) is 0 Å². The number of hydrogen-bond acceptors (Lipinski definition) is 2. The molecule has 2 N–H and O–H groups in total. The Hall–Kier alpha value is -1.42. The molecule has 0 saturated carbocycles. The Balaban J connectivity index is 2.04. The number of carbonyl (C=O) groups excluding carboxylic acids is 1. The summed E-state index contributed by atoms with van der Waals surface area (Å²) in [5.41, 5.74) is 1.02. The highest BCUT2D eigenvalue weighted by atomic mass is 19.1. The van der Waals surface area contributed by atoms with Crippen LogP contribution < -0.4 is 10.6 Å². The van der Waals surface area contributed by atoms with Gasteiger partial charge in [-0.25, -0.2) is 4.39 Å². The SMILES string of the molecule is Cc1cc(C(=O)N[C@@H]2CCCN[C@H]2C)ccc1F. The summed E-state index contributed by atoms with van der Waals surface area (Å²) < 4.78 is 13.1. The maximum atomic E-state index is 13.1. The van der Waals surface area contributed by atoms with E-state index in [1.807, 2.05) is 0 Å². The van der Waals surface area contributed by atoms with E-state index >= 15 is 0 Å². The zero-order valence-electron chi connectivity index (χ0n) is 10.8. The van der Waals surface area contributed by atoms with Gasteiger partial charge in [0.05, 0.1) is 0 Å². The fourth-order valence-corrected chi connectivity index (χ4v) is 2.28. The Bertz CT molecular complexity index is 447. The van der Waals surface area contributed by atoms with E-state index < -0.39 is 0 Å².